The lowest BCUT2D eigenvalue weighted by Crippen LogP contribution is -2.27. The van der Waals surface area contributed by atoms with Crippen molar-refractivity contribution in [2.45, 2.75) is 32.9 Å². The van der Waals surface area contributed by atoms with Crippen LogP contribution in [0, 0.1) is 6.92 Å². The summed E-state index contributed by atoms with van der Waals surface area (Å²) in [6.07, 6.45) is 1.03. The van der Waals surface area contributed by atoms with E-state index in [2.05, 4.69) is 55.6 Å². The summed E-state index contributed by atoms with van der Waals surface area (Å²) in [6, 6.07) is 19.2. The van der Waals surface area contributed by atoms with E-state index >= 15 is 0 Å². The SMILES string of the molecule is Cc1ccccc1CC(C)NCc1cc2ccccc2o1. The topological polar surface area (TPSA) is 25.2 Å². The fourth-order valence-corrected chi connectivity index (χ4v) is 2.64. The van der Waals surface area contributed by atoms with E-state index < -0.39 is 0 Å². The monoisotopic (exact) mass is 279 g/mol. The van der Waals surface area contributed by atoms with E-state index in [4.69, 9.17) is 4.42 Å². The Labute approximate surface area is 125 Å². The van der Waals surface area contributed by atoms with E-state index in [1.165, 1.54) is 16.5 Å². The van der Waals surface area contributed by atoms with E-state index in [0.717, 1.165) is 24.3 Å². The van der Waals surface area contributed by atoms with Gasteiger partial charge in [0, 0.05) is 11.4 Å². The largest absolute Gasteiger partial charge is 0.460 e. The number of benzene rings is 2. The molecular formula is C19H21NO. The third kappa shape index (κ3) is 3.34. The summed E-state index contributed by atoms with van der Waals surface area (Å²) in [7, 11) is 0. The molecule has 0 fully saturated rings. The van der Waals surface area contributed by atoms with Crippen molar-refractivity contribution in [1.29, 1.82) is 0 Å². The van der Waals surface area contributed by atoms with Crippen LogP contribution in [0.1, 0.15) is 23.8 Å². The molecule has 3 aromatic rings. The minimum atomic E-state index is 0.416. The molecular weight excluding hydrogens is 258 g/mol. The lowest BCUT2D eigenvalue weighted by atomic mass is 10.0. The van der Waals surface area contributed by atoms with E-state index in [-0.39, 0.29) is 0 Å². The van der Waals surface area contributed by atoms with Crippen molar-refractivity contribution in [2.24, 2.45) is 0 Å². The Hall–Kier alpha value is -2.06. The summed E-state index contributed by atoms with van der Waals surface area (Å²) < 4.78 is 5.83. The van der Waals surface area contributed by atoms with Crippen molar-refractivity contribution in [2.75, 3.05) is 0 Å². The van der Waals surface area contributed by atoms with Gasteiger partial charge >= 0.3 is 0 Å². The highest BCUT2D eigenvalue weighted by Crippen LogP contribution is 2.18. The molecule has 2 heteroatoms. The molecule has 21 heavy (non-hydrogen) atoms. The van der Waals surface area contributed by atoms with Gasteiger partial charge in [0.25, 0.3) is 0 Å². The molecule has 2 aromatic carbocycles. The predicted octanol–water partition coefficient (Wildman–Crippen LogP) is 4.46. The van der Waals surface area contributed by atoms with Gasteiger partial charge in [-0.2, -0.15) is 0 Å². The second kappa shape index (κ2) is 6.15. The molecule has 0 saturated carbocycles. The maximum absolute atomic E-state index is 5.83. The Bertz CT molecular complexity index is 696. The summed E-state index contributed by atoms with van der Waals surface area (Å²) in [6.45, 7) is 5.15. The summed E-state index contributed by atoms with van der Waals surface area (Å²) in [4.78, 5) is 0. The minimum absolute atomic E-state index is 0.416. The predicted molar refractivity (Wildman–Crippen MR) is 87.4 cm³/mol. The fourth-order valence-electron chi connectivity index (χ4n) is 2.64. The molecule has 2 nitrogen and oxygen atoms in total. The average molecular weight is 279 g/mol. The quantitative estimate of drug-likeness (QED) is 0.746. The van der Waals surface area contributed by atoms with Crippen molar-refractivity contribution in [3.8, 4) is 0 Å². The molecule has 0 spiro atoms. The number of furan rings is 1. The van der Waals surface area contributed by atoms with Crippen LogP contribution in [0.4, 0.5) is 0 Å². The van der Waals surface area contributed by atoms with Crippen LogP contribution in [-0.4, -0.2) is 6.04 Å². The highest BCUT2D eigenvalue weighted by atomic mass is 16.3. The highest BCUT2D eigenvalue weighted by Gasteiger charge is 2.07. The van der Waals surface area contributed by atoms with E-state index in [9.17, 15) is 0 Å². The smallest absolute Gasteiger partial charge is 0.134 e. The third-order valence-electron chi connectivity index (χ3n) is 3.89. The molecule has 3 rings (SSSR count). The number of fused-ring (bicyclic) bond motifs is 1. The van der Waals surface area contributed by atoms with Crippen LogP contribution in [0.15, 0.2) is 59.0 Å². The maximum atomic E-state index is 5.83. The van der Waals surface area contributed by atoms with Gasteiger partial charge in [-0.3, -0.25) is 0 Å². The molecule has 0 saturated heterocycles. The molecule has 0 aliphatic carbocycles. The van der Waals surface area contributed by atoms with E-state index in [0.29, 0.717) is 6.04 Å². The van der Waals surface area contributed by atoms with Crippen LogP contribution in [-0.2, 0) is 13.0 Å². The Morgan fingerprint density at radius 2 is 1.81 bits per heavy atom. The van der Waals surface area contributed by atoms with Crippen LogP contribution in [0.3, 0.4) is 0 Å². The highest BCUT2D eigenvalue weighted by molar-refractivity contribution is 5.77. The molecule has 0 aliphatic heterocycles. The van der Waals surface area contributed by atoms with E-state index in [1.54, 1.807) is 0 Å². The van der Waals surface area contributed by atoms with Crippen molar-refractivity contribution in [3.63, 3.8) is 0 Å². The number of para-hydroxylation sites is 1. The van der Waals surface area contributed by atoms with Gasteiger partial charge in [0.15, 0.2) is 0 Å². The molecule has 1 N–H and O–H groups in total. The first-order valence-corrected chi connectivity index (χ1v) is 7.48. The zero-order valence-corrected chi connectivity index (χ0v) is 12.6. The first kappa shape index (κ1) is 13.9. The zero-order valence-electron chi connectivity index (χ0n) is 12.6. The van der Waals surface area contributed by atoms with Crippen molar-refractivity contribution in [1.82, 2.24) is 5.32 Å². The van der Waals surface area contributed by atoms with Crippen LogP contribution in [0.2, 0.25) is 0 Å². The normalized spacial score (nSPS) is 12.7. The molecule has 1 unspecified atom stereocenters. The second-order valence-electron chi connectivity index (χ2n) is 5.66. The second-order valence-corrected chi connectivity index (χ2v) is 5.66. The summed E-state index contributed by atoms with van der Waals surface area (Å²) >= 11 is 0. The van der Waals surface area contributed by atoms with Gasteiger partial charge in [-0.15, -0.1) is 0 Å². The molecule has 1 atom stereocenters. The van der Waals surface area contributed by atoms with Gasteiger partial charge in [0.1, 0.15) is 11.3 Å². The fraction of sp³-hybridized carbons (Fsp3) is 0.263. The number of hydrogen-bond acceptors (Lipinski definition) is 2. The summed E-state index contributed by atoms with van der Waals surface area (Å²) in [5.74, 6) is 0.993. The van der Waals surface area contributed by atoms with Gasteiger partial charge < -0.3 is 9.73 Å². The number of hydrogen-bond donors (Lipinski definition) is 1. The van der Waals surface area contributed by atoms with Gasteiger partial charge in [-0.25, -0.2) is 0 Å². The third-order valence-corrected chi connectivity index (χ3v) is 3.89. The Morgan fingerprint density at radius 3 is 2.62 bits per heavy atom. The van der Waals surface area contributed by atoms with Crippen LogP contribution < -0.4 is 5.32 Å². The zero-order chi connectivity index (χ0) is 14.7. The summed E-state index contributed by atoms with van der Waals surface area (Å²) in [5.41, 5.74) is 3.72. The van der Waals surface area contributed by atoms with Gasteiger partial charge in [0.2, 0.25) is 0 Å². The Balaban J connectivity index is 1.60. The summed E-state index contributed by atoms with van der Waals surface area (Å²) in [5, 5.41) is 4.71. The molecule has 0 bridgehead atoms. The first-order valence-electron chi connectivity index (χ1n) is 7.48. The van der Waals surface area contributed by atoms with Crippen molar-refractivity contribution in [3.05, 3.63) is 71.5 Å². The average Bonchev–Trinajstić information content (AvgIpc) is 2.90. The van der Waals surface area contributed by atoms with Gasteiger partial charge in [-0.05, 0) is 43.5 Å². The van der Waals surface area contributed by atoms with Gasteiger partial charge in [0.05, 0.1) is 6.54 Å². The van der Waals surface area contributed by atoms with Crippen LogP contribution >= 0.6 is 0 Å². The van der Waals surface area contributed by atoms with Gasteiger partial charge in [-0.1, -0.05) is 42.5 Å². The lowest BCUT2D eigenvalue weighted by Gasteiger charge is -2.14. The number of nitrogens with one attached hydrogen (secondary N) is 1. The Kier molecular flexibility index (Phi) is 4.07. The molecule has 1 heterocycles. The van der Waals surface area contributed by atoms with Crippen LogP contribution in [0.5, 0.6) is 0 Å². The first-order chi connectivity index (χ1) is 10.2. The van der Waals surface area contributed by atoms with Crippen LogP contribution in [0.25, 0.3) is 11.0 Å². The van der Waals surface area contributed by atoms with Crippen molar-refractivity contribution >= 4 is 11.0 Å². The lowest BCUT2D eigenvalue weighted by molar-refractivity contribution is 0.472. The minimum Gasteiger partial charge on any atom is -0.460 e. The standard InChI is InChI=1S/C19H21NO/c1-14-7-3-4-8-16(14)11-15(2)20-13-18-12-17-9-5-6-10-19(17)21-18/h3-10,12,15,20H,11,13H2,1-2H3. The Morgan fingerprint density at radius 1 is 1.05 bits per heavy atom. The van der Waals surface area contributed by atoms with Crippen molar-refractivity contribution < 1.29 is 4.42 Å². The number of rotatable bonds is 5. The van der Waals surface area contributed by atoms with E-state index in [1.807, 2.05) is 18.2 Å². The molecule has 1 aromatic heterocycles. The molecule has 0 amide bonds. The molecule has 0 radical (unpaired) electrons. The maximum Gasteiger partial charge on any atom is 0.134 e. The number of aryl methyl sites for hydroxylation is 1. The molecule has 108 valence electrons. The molecule has 0 aliphatic rings.